The summed E-state index contributed by atoms with van der Waals surface area (Å²) >= 11 is 0. The average molecular weight is 339 g/mol. The highest BCUT2D eigenvalue weighted by molar-refractivity contribution is 5.89. The molecule has 0 spiro atoms. The van der Waals surface area contributed by atoms with E-state index in [2.05, 4.69) is 46.7 Å². The number of methoxy groups -OCH3 is 1. The second-order valence-corrected chi connectivity index (χ2v) is 6.34. The highest BCUT2D eigenvalue weighted by Gasteiger charge is 2.24. The third kappa shape index (κ3) is 4.24. The largest absolute Gasteiger partial charge is 0.497 e. The number of anilines is 2. The fraction of sp³-hybridized carbons (Fsp3) is 0.350. The number of carbonyl (C=O) groups is 1. The van der Waals surface area contributed by atoms with E-state index in [0.717, 1.165) is 30.8 Å². The van der Waals surface area contributed by atoms with E-state index in [9.17, 15) is 4.79 Å². The summed E-state index contributed by atoms with van der Waals surface area (Å²) in [4.78, 5) is 14.4. The Morgan fingerprint density at radius 2 is 2.08 bits per heavy atom. The number of ether oxygens (including phenoxy) is 1. The van der Waals surface area contributed by atoms with Crippen molar-refractivity contribution in [3.8, 4) is 5.75 Å². The molecule has 0 saturated carbocycles. The van der Waals surface area contributed by atoms with Crippen LogP contribution in [0.3, 0.4) is 0 Å². The van der Waals surface area contributed by atoms with Gasteiger partial charge in [-0.05, 0) is 43.5 Å². The van der Waals surface area contributed by atoms with E-state index in [1.807, 2.05) is 18.2 Å². The minimum absolute atomic E-state index is 0.192. The van der Waals surface area contributed by atoms with Crippen molar-refractivity contribution >= 4 is 17.4 Å². The van der Waals surface area contributed by atoms with E-state index in [0.29, 0.717) is 12.6 Å². The van der Waals surface area contributed by atoms with E-state index in [4.69, 9.17) is 4.74 Å². The van der Waals surface area contributed by atoms with E-state index < -0.39 is 0 Å². The molecule has 2 N–H and O–H groups in total. The summed E-state index contributed by atoms with van der Waals surface area (Å²) in [5.41, 5.74) is 3.47. The van der Waals surface area contributed by atoms with Crippen LogP contribution < -0.4 is 20.3 Å². The van der Waals surface area contributed by atoms with E-state index in [-0.39, 0.29) is 6.03 Å². The molecule has 2 aromatic carbocycles. The number of benzene rings is 2. The van der Waals surface area contributed by atoms with Crippen molar-refractivity contribution in [3.05, 3.63) is 54.1 Å². The van der Waals surface area contributed by atoms with Gasteiger partial charge in [0.1, 0.15) is 5.75 Å². The molecule has 1 heterocycles. The van der Waals surface area contributed by atoms with Crippen molar-refractivity contribution < 1.29 is 9.53 Å². The van der Waals surface area contributed by atoms with Gasteiger partial charge < -0.3 is 20.3 Å². The molecule has 3 rings (SSSR count). The fourth-order valence-electron chi connectivity index (χ4n) is 3.30. The van der Waals surface area contributed by atoms with Crippen LogP contribution in [0.2, 0.25) is 0 Å². The first-order chi connectivity index (χ1) is 12.2. The Kier molecular flexibility index (Phi) is 5.43. The highest BCUT2D eigenvalue weighted by Crippen LogP contribution is 2.31. The van der Waals surface area contributed by atoms with Gasteiger partial charge in [0, 0.05) is 36.6 Å². The zero-order chi connectivity index (χ0) is 17.6. The normalized spacial score (nSPS) is 15.6. The molecule has 2 aromatic rings. The second-order valence-electron chi connectivity index (χ2n) is 6.34. The number of nitrogens with zero attached hydrogens (tertiary/aromatic N) is 1. The molecular formula is C20H25N3O2. The zero-order valence-electron chi connectivity index (χ0n) is 14.8. The predicted molar refractivity (Wildman–Crippen MR) is 102 cm³/mol. The first-order valence-electron chi connectivity index (χ1n) is 8.71. The standard InChI is InChI=1S/C20H25N3O2/c1-15-13-16-7-3-4-10-19(16)23(15)12-6-11-21-20(24)22-17-8-5-9-18(14-17)25-2/h3-5,7-10,14-15H,6,11-13H2,1-2H3,(H2,21,22,24). The molecule has 0 radical (unpaired) electrons. The third-order valence-corrected chi connectivity index (χ3v) is 4.54. The van der Waals surface area contributed by atoms with Crippen LogP contribution in [0, 0.1) is 0 Å². The van der Waals surface area contributed by atoms with E-state index >= 15 is 0 Å². The Morgan fingerprint density at radius 1 is 1.24 bits per heavy atom. The summed E-state index contributed by atoms with van der Waals surface area (Å²) in [6, 6.07) is 16.2. The molecule has 25 heavy (non-hydrogen) atoms. The van der Waals surface area contributed by atoms with Crippen LogP contribution >= 0.6 is 0 Å². The summed E-state index contributed by atoms with van der Waals surface area (Å²) in [7, 11) is 1.61. The molecular weight excluding hydrogens is 314 g/mol. The lowest BCUT2D eigenvalue weighted by Crippen LogP contribution is -2.34. The minimum Gasteiger partial charge on any atom is -0.497 e. The van der Waals surface area contributed by atoms with Gasteiger partial charge in [0.05, 0.1) is 7.11 Å². The number of nitrogens with one attached hydrogen (secondary N) is 2. The lowest BCUT2D eigenvalue weighted by Gasteiger charge is -2.24. The number of amides is 2. The van der Waals surface area contributed by atoms with Crippen molar-refractivity contribution in [2.45, 2.75) is 25.8 Å². The maximum absolute atomic E-state index is 12.0. The van der Waals surface area contributed by atoms with Gasteiger partial charge >= 0.3 is 6.03 Å². The predicted octanol–water partition coefficient (Wildman–Crippen LogP) is 3.66. The Bertz CT molecular complexity index is 732. The Labute approximate surface area is 149 Å². The topological polar surface area (TPSA) is 53.6 Å². The lowest BCUT2D eigenvalue weighted by molar-refractivity contribution is 0.252. The van der Waals surface area contributed by atoms with Crippen LogP contribution in [-0.2, 0) is 6.42 Å². The van der Waals surface area contributed by atoms with Crippen LogP contribution in [0.25, 0.3) is 0 Å². The smallest absolute Gasteiger partial charge is 0.319 e. The van der Waals surface area contributed by atoms with Gasteiger partial charge in [-0.15, -0.1) is 0 Å². The van der Waals surface area contributed by atoms with Crippen LogP contribution in [0.5, 0.6) is 5.75 Å². The highest BCUT2D eigenvalue weighted by atomic mass is 16.5. The number of hydrogen-bond donors (Lipinski definition) is 2. The molecule has 1 aliphatic rings. The van der Waals surface area contributed by atoms with Crippen molar-refractivity contribution in [1.29, 1.82) is 0 Å². The van der Waals surface area contributed by atoms with Gasteiger partial charge in [-0.1, -0.05) is 24.3 Å². The molecule has 0 fully saturated rings. The SMILES string of the molecule is COc1cccc(NC(=O)NCCCN2c3ccccc3CC2C)c1. The molecule has 5 heteroatoms. The van der Waals surface area contributed by atoms with Crippen molar-refractivity contribution in [1.82, 2.24) is 5.32 Å². The molecule has 132 valence electrons. The van der Waals surface area contributed by atoms with Gasteiger partial charge in [0.25, 0.3) is 0 Å². The van der Waals surface area contributed by atoms with Crippen LogP contribution in [0.1, 0.15) is 18.9 Å². The number of fused-ring (bicyclic) bond motifs is 1. The maximum atomic E-state index is 12.0. The number of rotatable bonds is 6. The quantitative estimate of drug-likeness (QED) is 0.790. The molecule has 5 nitrogen and oxygen atoms in total. The van der Waals surface area contributed by atoms with Crippen LogP contribution in [0.4, 0.5) is 16.2 Å². The van der Waals surface area contributed by atoms with Gasteiger partial charge in [-0.3, -0.25) is 0 Å². The molecule has 0 aromatic heterocycles. The summed E-state index contributed by atoms with van der Waals surface area (Å²) in [6.45, 7) is 3.84. The van der Waals surface area contributed by atoms with Crippen molar-refractivity contribution in [3.63, 3.8) is 0 Å². The first-order valence-corrected chi connectivity index (χ1v) is 8.71. The molecule has 1 unspecified atom stereocenters. The van der Waals surface area contributed by atoms with Gasteiger partial charge in [-0.25, -0.2) is 4.79 Å². The van der Waals surface area contributed by atoms with E-state index in [1.54, 1.807) is 13.2 Å². The Hall–Kier alpha value is -2.69. The molecule has 0 aliphatic carbocycles. The number of para-hydroxylation sites is 1. The Morgan fingerprint density at radius 3 is 2.92 bits per heavy atom. The van der Waals surface area contributed by atoms with Crippen LogP contribution in [-0.4, -0.2) is 32.3 Å². The third-order valence-electron chi connectivity index (χ3n) is 4.54. The van der Waals surface area contributed by atoms with Gasteiger partial charge in [0.2, 0.25) is 0 Å². The van der Waals surface area contributed by atoms with Crippen molar-refractivity contribution in [2.24, 2.45) is 0 Å². The lowest BCUT2D eigenvalue weighted by atomic mass is 10.1. The summed E-state index contributed by atoms with van der Waals surface area (Å²) in [6.07, 6.45) is 2.00. The zero-order valence-corrected chi connectivity index (χ0v) is 14.8. The molecule has 0 bridgehead atoms. The molecule has 1 aliphatic heterocycles. The first kappa shape index (κ1) is 17.1. The van der Waals surface area contributed by atoms with Crippen LogP contribution in [0.15, 0.2) is 48.5 Å². The number of urea groups is 1. The summed E-state index contributed by atoms with van der Waals surface area (Å²) < 4.78 is 5.15. The number of carbonyl (C=O) groups excluding carboxylic acids is 1. The van der Waals surface area contributed by atoms with Crippen molar-refractivity contribution in [2.75, 3.05) is 30.4 Å². The fourth-order valence-corrected chi connectivity index (χ4v) is 3.30. The summed E-state index contributed by atoms with van der Waals surface area (Å²) in [5.74, 6) is 0.722. The average Bonchev–Trinajstić information content (AvgIpc) is 2.94. The van der Waals surface area contributed by atoms with Gasteiger partial charge in [-0.2, -0.15) is 0 Å². The number of hydrogen-bond acceptors (Lipinski definition) is 3. The minimum atomic E-state index is -0.192. The maximum Gasteiger partial charge on any atom is 0.319 e. The second kappa shape index (κ2) is 7.92. The monoisotopic (exact) mass is 339 g/mol. The Balaban J connectivity index is 1.43. The van der Waals surface area contributed by atoms with Gasteiger partial charge in [0.15, 0.2) is 0 Å². The summed E-state index contributed by atoms with van der Waals surface area (Å²) in [5, 5.41) is 5.74. The molecule has 0 saturated heterocycles. The molecule has 2 amide bonds. The van der Waals surface area contributed by atoms with E-state index in [1.165, 1.54) is 11.3 Å². The molecule has 1 atom stereocenters.